The Balaban J connectivity index is 2.01. The quantitative estimate of drug-likeness (QED) is 0.595. The number of hydrogen-bond donors (Lipinski definition) is 0. The predicted molar refractivity (Wildman–Crippen MR) is 55.5 cm³/mol. The van der Waals surface area contributed by atoms with Crippen molar-refractivity contribution in [3.05, 3.63) is 0 Å². The monoisotopic (exact) mass is 196 g/mol. The molecule has 1 heterocycles. The summed E-state index contributed by atoms with van der Waals surface area (Å²) in [6.07, 6.45) is 7.52. The van der Waals surface area contributed by atoms with Crippen LogP contribution >= 0.6 is 0 Å². The molecule has 1 amide bonds. The summed E-state index contributed by atoms with van der Waals surface area (Å²) in [5.41, 5.74) is 0. The molecule has 0 bridgehead atoms. The largest absolute Gasteiger partial charge is 0.273 e. The van der Waals surface area contributed by atoms with Crippen LogP contribution in [0.3, 0.4) is 0 Å². The van der Waals surface area contributed by atoms with E-state index in [2.05, 4.69) is 0 Å². The van der Waals surface area contributed by atoms with Crippen LogP contribution in [0.5, 0.6) is 0 Å². The number of hydrazine groups is 1. The second kappa shape index (κ2) is 3.89. The van der Waals surface area contributed by atoms with Gasteiger partial charge in [0.25, 0.3) is 0 Å². The van der Waals surface area contributed by atoms with E-state index in [1.165, 1.54) is 32.1 Å². The Morgan fingerprint density at radius 2 is 1.79 bits per heavy atom. The van der Waals surface area contributed by atoms with Crippen LogP contribution in [0.4, 0.5) is 0 Å². The van der Waals surface area contributed by atoms with Crippen molar-refractivity contribution < 1.29 is 4.79 Å². The second-order valence-corrected chi connectivity index (χ2v) is 4.70. The van der Waals surface area contributed by atoms with Crippen molar-refractivity contribution in [2.75, 3.05) is 14.1 Å². The maximum atomic E-state index is 11.8. The third-order valence-electron chi connectivity index (χ3n) is 3.52. The summed E-state index contributed by atoms with van der Waals surface area (Å²) in [7, 11) is 3.93. The van der Waals surface area contributed by atoms with Crippen molar-refractivity contribution in [1.29, 1.82) is 0 Å². The van der Waals surface area contributed by atoms with Gasteiger partial charge in [0.15, 0.2) is 0 Å². The molecule has 2 fully saturated rings. The van der Waals surface area contributed by atoms with Crippen LogP contribution in [-0.4, -0.2) is 36.1 Å². The summed E-state index contributed by atoms with van der Waals surface area (Å²) in [5.74, 6) is 0.694. The van der Waals surface area contributed by atoms with Crippen molar-refractivity contribution in [2.45, 2.75) is 44.6 Å². The fourth-order valence-corrected chi connectivity index (χ4v) is 2.79. The zero-order valence-corrected chi connectivity index (χ0v) is 9.20. The highest BCUT2D eigenvalue weighted by atomic mass is 16.2. The van der Waals surface area contributed by atoms with E-state index in [9.17, 15) is 4.79 Å². The zero-order valence-electron chi connectivity index (χ0n) is 9.20. The lowest BCUT2D eigenvalue weighted by Gasteiger charge is -2.51. The van der Waals surface area contributed by atoms with Crippen LogP contribution in [0.2, 0.25) is 0 Å². The van der Waals surface area contributed by atoms with Crippen molar-refractivity contribution in [2.24, 2.45) is 5.92 Å². The van der Waals surface area contributed by atoms with Crippen molar-refractivity contribution >= 4 is 5.91 Å². The second-order valence-electron chi connectivity index (χ2n) is 4.70. The van der Waals surface area contributed by atoms with E-state index in [-0.39, 0.29) is 0 Å². The third-order valence-corrected chi connectivity index (χ3v) is 3.52. The van der Waals surface area contributed by atoms with Gasteiger partial charge in [-0.3, -0.25) is 9.80 Å². The standard InChI is InChI=1S/C11H20N2O/c1-12(2)13-10-8-6-4-3-5-7-9(10)11(13)14/h9-10H,3-8H2,1-2H3. The van der Waals surface area contributed by atoms with E-state index in [4.69, 9.17) is 0 Å². The first kappa shape index (κ1) is 9.97. The number of hydrogen-bond acceptors (Lipinski definition) is 2. The molecular formula is C11H20N2O. The van der Waals surface area contributed by atoms with Gasteiger partial charge < -0.3 is 0 Å². The molecule has 1 saturated carbocycles. The summed E-state index contributed by atoms with van der Waals surface area (Å²) in [6.45, 7) is 0. The Bertz CT molecular complexity index is 227. The summed E-state index contributed by atoms with van der Waals surface area (Å²) in [6, 6.07) is 0.512. The molecule has 0 aromatic rings. The van der Waals surface area contributed by atoms with Gasteiger partial charge in [-0.1, -0.05) is 25.7 Å². The lowest BCUT2D eigenvalue weighted by atomic mass is 9.79. The molecule has 2 unspecified atom stereocenters. The van der Waals surface area contributed by atoms with Crippen LogP contribution in [0.1, 0.15) is 38.5 Å². The highest BCUT2D eigenvalue weighted by molar-refractivity contribution is 5.85. The lowest BCUT2D eigenvalue weighted by molar-refractivity contribution is -0.185. The SMILES string of the molecule is CN(C)N1C(=O)C2CCCCCCC21. The van der Waals surface area contributed by atoms with Crippen LogP contribution in [-0.2, 0) is 4.79 Å². The first-order chi connectivity index (χ1) is 6.72. The summed E-state index contributed by atoms with van der Waals surface area (Å²) < 4.78 is 0. The van der Waals surface area contributed by atoms with Gasteiger partial charge in [0.2, 0.25) is 5.91 Å². The Labute approximate surface area is 86.0 Å². The number of carbonyl (C=O) groups is 1. The average Bonchev–Trinajstić information content (AvgIpc) is 2.08. The minimum absolute atomic E-state index is 0.345. The molecule has 3 nitrogen and oxygen atoms in total. The molecule has 1 aliphatic heterocycles. The molecule has 2 aliphatic rings. The van der Waals surface area contributed by atoms with Gasteiger partial charge >= 0.3 is 0 Å². The highest BCUT2D eigenvalue weighted by Crippen LogP contribution is 2.36. The van der Waals surface area contributed by atoms with Crippen LogP contribution in [0.25, 0.3) is 0 Å². The molecule has 14 heavy (non-hydrogen) atoms. The Kier molecular flexibility index (Phi) is 2.77. The lowest BCUT2D eigenvalue weighted by Crippen LogP contribution is -2.65. The van der Waals surface area contributed by atoms with Crippen LogP contribution < -0.4 is 0 Å². The van der Waals surface area contributed by atoms with E-state index in [0.29, 0.717) is 17.9 Å². The molecular weight excluding hydrogens is 176 g/mol. The number of rotatable bonds is 1. The maximum absolute atomic E-state index is 11.8. The van der Waals surface area contributed by atoms with E-state index < -0.39 is 0 Å². The molecule has 80 valence electrons. The third kappa shape index (κ3) is 1.54. The maximum Gasteiger partial charge on any atom is 0.242 e. The van der Waals surface area contributed by atoms with Crippen LogP contribution in [0, 0.1) is 5.92 Å². The molecule has 2 atom stereocenters. The van der Waals surface area contributed by atoms with Crippen molar-refractivity contribution in [1.82, 2.24) is 10.0 Å². The Morgan fingerprint density at radius 3 is 2.43 bits per heavy atom. The Morgan fingerprint density at radius 1 is 1.14 bits per heavy atom. The van der Waals surface area contributed by atoms with E-state index in [1.807, 2.05) is 24.1 Å². The molecule has 3 heteroatoms. The fraction of sp³-hybridized carbons (Fsp3) is 0.909. The molecule has 1 saturated heterocycles. The predicted octanol–water partition coefficient (Wildman–Crippen LogP) is 1.64. The molecule has 0 aromatic heterocycles. The van der Waals surface area contributed by atoms with Crippen molar-refractivity contribution in [3.8, 4) is 0 Å². The minimum atomic E-state index is 0.345. The zero-order chi connectivity index (χ0) is 10.1. The molecule has 0 aromatic carbocycles. The van der Waals surface area contributed by atoms with Gasteiger partial charge in [-0.25, -0.2) is 5.01 Å². The van der Waals surface area contributed by atoms with Crippen LogP contribution in [0.15, 0.2) is 0 Å². The number of amides is 1. The van der Waals surface area contributed by atoms with E-state index in [0.717, 1.165) is 6.42 Å². The molecule has 0 N–H and O–H groups in total. The van der Waals surface area contributed by atoms with Crippen molar-refractivity contribution in [3.63, 3.8) is 0 Å². The summed E-state index contributed by atoms with van der Waals surface area (Å²) in [4.78, 5) is 11.8. The van der Waals surface area contributed by atoms with Gasteiger partial charge in [-0.2, -0.15) is 0 Å². The number of nitrogens with zero attached hydrogens (tertiary/aromatic N) is 2. The number of carbonyl (C=O) groups excluding carboxylic acids is 1. The highest BCUT2D eigenvalue weighted by Gasteiger charge is 2.47. The van der Waals surface area contributed by atoms with Gasteiger partial charge in [-0.05, 0) is 12.8 Å². The minimum Gasteiger partial charge on any atom is -0.273 e. The first-order valence-electron chi connectivity index (χ1n) is 5.72. The Hall–Kier alpha value is -0.570. The summed E-state index contributed by atoms with van der Waals surface area (Å²) in [5, 5.41) is 3.89. The van der Waals surface area contributed by atoms with E-state index in [1.54, 1.807) is 0 Å². The molecule has 0 spiro atoms. The van der Waals surface area contributed by atoms with Gasteiger partial charge in [0, 0.05) is 14.1 Å². The number of β-lactam (4-membered cyclic amide) rings is 1. The normalized spacial score (nSPS) is 33.4. The topological polar surface area (TPSA) is 23.6 Å². The molecule has 1 aliphatic carbocycles. The average molecular weight is 196 g/mol. The summed E-state index contributed by atoms with van der Waals surface area (Å²) >= 11 is 0. The number of fused-ring (bicyclic) bond motifs is 1. The molecule has 2 rings (SSSR count). The van der Waals surface area contributed by atoms with Gasteiger partial charge in [-0.15, -0.1) is 0 Å². The smallest absolute Gasteiger partial charge is 0.242 e. The van der Waals surface area contributed by atoms with Gasteiger partial charge in [0.1, 0.15) is 0 Å². The fourth-order valence-electron chi connectivity index (χ4n) is 2.79. The molecule has 0 radical (unpaired) electrons. The van der Waals surface area contributed by atoms with Gasteiger partial charge in [0.05, 0.1) is 12.0 Å². The first-order valence-corrected chi connectivity index (χ1v) is 5.72. The van der Waals surface area contributed by atoms with E-state index >= 15 is 0 Å².